The predicted molar refractivity (Wildman–Crippen MR) is 118 cm³/mol. The van der Waals surface area contributed by atoms with Gasteiger partial charge in [0.05, 0.1) is 20.9 Å². The largest absolute Gasteiger partial charge is 0.455 e. The van der Waals surface area contributed by atoms with Crippen LogP contribution in [0.4, 0.5) is 0 Å². The monoisotopic (exact) mass is 388 g/mol. The zero-order valence-electron chi connectivity index (χ0n) is 18.3. The van der Waals surface area contributed by atoms with E-state index in [0.717, 1.165) is 42.7 Å². The Labute approximate surface area is 170 Å². The summed E-state index contributed by atoms with van der Waals surface area (Å²) in [5, 5.41) is 3.14. The molecule has 0 radical (unpaired) electrons. The van der Waals surface area contributed by atoms with Crippen molar-refractivity contribution in [1.82, 2.24) is 9.97 Å². The number of fused-ring (bicyclic) bond motifs is 5. The number of pyridine rings is 1. The Morgan fingerprint density at radius 2 is 2.00 bits per heavy atom. The van der Waals surface area contributed by atoms with Crippen LogP contribution in [-0.2, 0) is 6.37 Å². The number of aryl methyl sites for hydroxylation is 1. The molecule has 0 spiro atoms. The maximum atomic E-state index is 8.63. The highest BCUT2D eigenvalue weighted by molar-refractivity contribution is 7.19. The molecule has 28 heavy (non-hydrogen) atoms. The second-order valence-corrected chi connectivity index (χ2v) is 9.31. The van der Waals surface area contributed by atoms with Gasteiger partial charge in [0.2, 0.25) is 0 Å². The molecule has 0 aliphatic carbocycles. The summed E-state index contributed by atoms with van der Waals surface area (Å²) < 4.78 is 24.7. The quantitative estimate of drug-likeness (QED) is 0.322. The molecule has 0 saturated carbocycles. The van der Waals surface area contributed by atoms with E-state index in [-0.39, 0.29) is 0 Å². The van der Waals surface area contributed by atoms with Crippen LogP contribution in [-0.4, -0.2) is 9.97 Å². The van der Waals surface area contributed by atoms with Crippen molar-refractivity contribution in [3.05, 3.63) is 59.2 Å². The molecule has 0 fully saturated rings. The standard InChI is InChI=1S/C24H22N2OS/c1-14-26-18-8-9-20-21(23(18)28-14)17-7-5-6-16(22(17)27-20)19-12-15(10-11-25-19)13-24(2,3)4/h5-12H,13H2,1-4H3/i13D2. The first kappa shape index (κ1) is 15.2. The SMILES string of the molecule is [2H]C([2H])(c1ccnc(-c2cccc3c2oc2ccc4nc(C)sc4c23)c1)C(C)(C)C. The van der Waals surface area contributed by atoms with Gasteiger partial charge in [0.25, 0.3) is 0 Å². The molecule has 140 valence electrons. The number of thiazole rings is 1. The van der Waals surface area contributed by atoms with E-state index in [1.807, 2.05) is 58.0 Å². The summed E-state index contributed by atoms with van der Waals surface area (Å²) in [6.45, 7) is 7.75. The van der Waals surface area contributed by atoms with Crippen LogP contribution in [0.1, 0.15) is 34.1 Å². The lowest BCUT2D eigenvalue weighted by Gasteiger charge is -2.18. The number of nitrogens with zero attached hydrogens (tertiary/aromatic N) is 2. The highest BCUT2D eigenvalue weighted by Gasteiger charge is 2.17. The van der Waals surface area contributed by atoms with Crippen LogP contribution in [0, 0.1) is 12.3 Å². The molecule has 5 aromatic rings. The minimum absolute atomic E-state index is 0.535. The Balaban J connectivity index is 1.77. The van der Waals surface area contributed by atoms with Crippen molar-refractivity contribution in [1.29, 1.82) is 0 Å². The molecule has 0 bridgehead atoms. The molecule has 0 aliphatic rings. The van der Waals surface area contributed by atoms with Crippen molar-refractivity contribution in [3.63, 3.8) is 0 Å². The predicted octanol–water partition coefficient (Wildman–Crippen LogP) is 7.15. The smallest absolute Gasteiger partial charge is 0.144 e. The lowest BCUT2D eigenvalue weighted by molar-refractivity contribution is 0.411. The highest BCUT2D eigenvalue weighted by Crippen LogP contribution is 2.40. The van der Waals surface area contributed by atoms with Crippen molar-refractivity contribution in [2.45, 2.75) is 34.1 Å². The van der Waals surface area contributed by atoms with Gasteiger partial charge in [0.1, 0.15) is 11.2 Å². The van der Waals surface area contributed by atoms with Gasteiger partial charge in [-0.15, -0.1) is 11.3 Å². The summed E-state index contributed by atoms with van der Waals surface area (Å²) in [6.07, 6.45) is 0.194. The fourth-order valence-electron chi connectivity index (χ4n) is 3.67. The van der Waals surface area contributed by atoms with E-state index in [0.29, 0.717) is 11.3 Å². The first-order valence-electron chi connectivity index (χ1n) is 10.3. The van der Waals surface area contributed by atoms with Gasteiger partial charge in [-0.2, -0.15) is 0 Å². The lowest BCUT2D eigenvalue weighted by Crippen LogP contribution is -2.09. The molecule has 0 saturated heterocycles. The van der Waals surface area contributed by atoms with Crippen molar-refractivity contribution in [3.8, 4) is 11.3 Å². The Morgan fingerprint density at radius 1 is 1.14 bits per heavy atom. The minimum Gasteiger partial charge on any atom is -0.455 e. The van der Waals surface area contributed by atoms with Crippen LogP contribution in [0.2, 0.25) is 0 Å². The topological polar surface area (TPSA) is 38.9 Å². The van der Waals surface area contributed by atoms with E-state index in [1.165, 1.54) is 0 Å². The summed E-state index contributed by atoms with van der Waals surface area (Å²) in [5.41, 5.74) is 4.24. The average molecular weight is 389 g/mol. The Kier molecular flexibility index (Phi) is 3.34. The third-order valence-corrected chi connectivity index (χ3v) is 5.68. The Morgan fingerprint density at radius 3 is 2.82 bits per heavy atom. The summed E-state index contributed by atoms with van der Waals surface area (Å²) in [6, 6.07) is 13.6. The number of hydrogen-bond acceptors (Lipinski definition) is 4. The molecule has 3 heterocycles. The van der Waals surface area contributed by atoms with Crippen molar-refractivity contribution < 1.29 is 7.16 Å². The molecule has 5 rings (SSSR count). The fourth-order valence-corrected chi connectivity index (χ4v) is 4.64. The van der Waals surface area contributed by atoms with E-state index in [4.69, 9.17) is 7.16 Å². The third kappa shape index (κ3) is 2.89. The van der Waals surface area contributed by atoms with Gasteiger partial charge >= 0.3 is 0 Å². The van der Waals surface area contributed by atoms with Crippen LogP contribution in [0.3, 0.4) is 0 Å². The van der Waals surface area contributed by atoms with E-state index < -0.39 is 11.8 Å². The normalized spacial score (nSPS) is 14.0. The van der Waals surface area contributed by atoms with Crippen molar-refractivity contribution in [2.24, 2.45) is 5.41 Å². The highest BCUT2D eigenvalue weighted by atomic mass is 32.1. The number of furan rings is 1. The molecule has 0 amide bonds. The molecule has 0 atom stereocenters. The zero-order chi connectivity index (χ0) is 21.3. The summed E-state index contributed by atoms with van der Waals surface area (Å²) in [5.74, 6) is 0. The first-order valence-corrected chi connectivity index (χ1v) is 10.2. The van der Waals surface area contributed by atoms with Gasteiger partial charge in [-0.05, 0) is 54.6 Å². The summed E-state index contributed by atoms with van der Waals surface area (Å²) in [4.78, 5) is 9.17. The molecule has 0 aliphatic heterocycles. The number of rotatable bonds is 2. The molecular weight excluding hydrogens is 364 g/mol. The van der Waals surface area contributed by atoms with Crippen LogP contribution >= 0.6 is 11.3 Å². The number of hydrogen-bond donors (Lipinski definition) is 0. The maximum absolute atomic E-state index is 8.63. The summed E-state index contributed by atoms with van der Waals surface area (Å²) in [7, 11) is 0. The van der Waals surface area contributed by atoms with Crippen LogP contribution in [0.5, 0.6) is 0 Å². The van der Waals surface area contributed by atoms with Crippen molar-refractivity contribution >= 4 is 43.5 Å². The third-order valence-electron chi connectivity index (χ3n) is 4.68. The fraction of sp³-hybridized carbons (Fsp3) is 0.250. The molecule has 2 aromatic carbocycles. The van der Waals surface area contributed by atoms with Gasteiger partial charge < -0.3 is 4.42 Å². The van der Waals surface area contributed by atoms with Gasteiger partial charge in [-0.25, -0.2) is 4.98 Å². The Bertz CT molecular complexity index is 1430. The molecule has 4 heteroatoms. The van der Waals surface area contributed by atoms with Crippen LogP contribution in [0.25, 0.3) is 43.4 Å². The molecule has 3 aromatic heterocycles. The van der Waals surface area contributed by atoms with E-state index in [9.17, 15) is 0 Å². The minimum atomic E-state index is -1.49. The zero-order valence-corrected chi connectivity index (χ0v) is 17.1. The first-order chi connectivity index (χ1) is 14.2. The number of benzene rings is 2. The molecule has 0 N–H and O–H groups in total. The van der Waals surface area contributed by atoms with Gasteiger partial charge in [-0.3, -0.25) is 4.98 Å². The van der Waals surface area contributed by atoms with Crippen LogP contribution in [0.15, 0.2) is 53.1 Å². The van der Waals surface area contributed by atoms with E-state index >= 15 is 0 Å². The van der Waals surface area contributed by atoms with E-state index in [1.54, 1.807) is 23.6 Å². The van der Waals surface area contributed by atoms with Crippen LogP contribution < -0.4 is 0 Å². The lowest BCUT2D eigenvalue weighted by atomic mass is 9.88. The van der Waals surface area contributed by atoms with Crippen molar-refractivity contribution in [2.75, 3.05) is 0 Å². The Hall–Kier alpha value is -2.72. The number of aromatic nitrogens is 2. The molecule has 0 unspecified atom stereocenters. The van der Waals surface area contributed by atoms with Gasteiger partial charge in [0, 0.05) is 25.3 Å². The molecule has 3 nitrogen and oxygen atoms in total. The second-order valence-electron chi connectivity index (χ2n) is 8.11. The average Bonchev–Trinajstić information content (AvgIpc) is 3.26. The molecular formula is C24H22N2OS. The van der Waals surface area contributed by atoms with Gasteiger partial charge in [0.15, 0.2) is 0 Å². The van der Waals surface area contributed by atoms with Gasteiger partial charge in [-0.1, -0.05) is 32.9 Å². The van der Waals surface area contributed by atoms with E-state index in [2.05, 4.69) is 16.0 Å². The maximum Gasteiger partial charge on any atom is 0.144 e. The summed E-state index contributed by atoms with van der Waals surface area (Å²) >= 11 is 1.67. The number of para-hydroxylation sites is 1. The second kappa shape index (κ2) is 6.14.